The van der Waals surface area contributed by atoms with Crippen LogP contribution in [0.3, 0.4) is 0 Å². The van der Waals surface area contributed by atoms with Gasteiger partial charge in [-0.15, -0.1) is 0 Å². The van der Waals surface area contributed by atoms with Gasteiger partial charge in [0.15, 0.2) is 0 Å². The molecule has 0 bridgehead atoms. The van der Waals surface area contributed by atoms with E-state index in [9.17, 15) is 0 Å². The Morgan fingerprint density at radius 1 is 1.38 bits per heavy atom. The lowest BCUT2D eigenvalue weighted by Gasteiger charge is -2.13. The van der Waals surface area contributed by atoms with Crippen molar-refractivity contribution < 1.29 is 0 Å². The van der Waals surface area contributed by atoms with E-state index in [0.717, 1.165) is 6.42 Å². The molecule has 0 amide bonds. The van der Waals surface area contributed by atoms with E-state index in [4.69, 9.17) is 0 Å². The molecule has 0 heterocycles. The highest BCUT2D eigenvalue weighted by molar-refractivity contribution is 5.56. The second-order valence-corrected chi connectivity index (χ2v) is 3.43. The van der Waals surface area contributed by atoms with Crippen LogP contribution in [0.5, 0.6) is 0 Å². The molecular weight excluding hydrogens is 156 g/mol. The Bertz CT molecular complexity index is 295. The molecule has 0 atom stereocenters. The maximum Gasteiger partial charge on any atom is -0.000900 e. The summed E-state index contributed by atoms with van der Waals surface area (Å²) < 4.78 is 0. The average molecular weight is 173 g/mol. The lowest BCUT2D eigenvalue weighted by Crippen LogP contribution is -1.97. The van der Waals surface area contributed by atoms with Gasteiger partial charge < -0.3 is 0 Å². The summed E-state index contributed by atoms with van der Waals surface area (Å²) >= 11 is 0. The van der Waals surface area contributed by atoms with E-state index in [1.165, 1.54) is 22.6 Å². The summed E-state index contributed by atoms with van der Waals surface area (Å²) in [5.41, 5.74) is 4.05. The van der Waals surface area contributed by atoms with Crippen molar-refractivity contribution in [2.45, 2.75) is 27.2 Å². The molecule has 0 spiro atoms. The Labute approximate surface area is 81.3 Å². The summed E-state index contributed by atoms with van der Waals surface area (Å²) in [6, 6.07) is 6.40. The molecule has 1 radical (unpaired) electrons. The molecule has 0 aliphatic rings. The zero-order valence-electron chi connectivity index (χ0n) is 8.72. The Kier molecular flexibility index (Phi) is 3.30. The summed E-state index contributed by atoms with van der Waals surface area (Å²) in [7, 11) is 0. The number of benzene rings is 1. The maximum atomic E-state index is 3.83. The Balaban J connectivity index is 3.26. The van der Waals surface area contributed by atoms with E-state index in [0.29, 0.717) is 0 Å². The van der Waals surface area contributed by atoms with Crippen molar-refractivity contribution in [2.24, 2.45) is 0 Å². The van der Waals surface area contributed by atoms with Gasteiger partial charge in [0.2, 0.25) is 0 Å². The van der Waals surface area contributed by atoms with Gasteiger partial charge >= 0.3 is 0 Å². The summed E-state index contributed by atoms with van der Waals surface area (Å²) in [5.74, 6) is 1.38. The zero-order chi connectivity index (χ0) is 9.84. The molecule has 0 fully saturated rings. The average Bonchev–Trinajstić information content (AvgIpc) is 2.16. The summed E-state index contributed by atoms with van der Waals surface area (Å²) in [6.07, 6.45) is 3.01. The third kappa shape index (κ3) is 2.00. The molecule has 0 aromatic heterocycles. The Morgan fingerprint density at radius 3 is 2.54 bits per heavy atom. The van der Waals surface area contributed by atoms with Gasteiger partial charge in [-0.05, 0) is 29.0 Å². The van der Waals surface area contributed by atoms with Gasteiger partial charge in [-0.2, -0.15) is 0 Å². The second kappa shape index (κ2) is 4.27. The fraction of sp³-hybridized carbons (Fsp3) is 0.308. The minimum atomic E-state index is 1.07. The van der Waals surface area contributed by atoms with Gasteiger partial charge in [0.25, 0.3) is 0 Å². The molecule has 69 valence electrons. The van der Waals surface area contributed by atoms with Crippen LogP contribution in [0, 0.1) is 5.92 Å². The van der Waals surface area contributed by atoms with Crippen LogP contribution in [-0.2, 0) is 6.42 Å². The molecule has 13 heavy (non-hydrogen) atoms. The van der Waals surface area contributed by atoms with Gasteiger partial charge in [-0.3, -0.25) is 0 Å². The first kappa shape index (κ1) is 10.0. The van der Waals surface area contributed by atoms with Crippen LogP contribution in [0.4, 0.5) is 0 Å². The molecule has 0 saturated carbocycles. The Morgan fingerprint density at radius 2 is 2.08 bits per heavy atom. The molecule has 0 saturated heterocycles. The lowest BCUT2D eigenvalue weighted by atomic mass is 9.92. The molecule has 1 rings (SSSR count). The van der Waals surface area contributed by atoms with Crippen molar-refractivity contribution >= 4 is 6.08 Å². The molecule has 0 nitrogen and oxygen atoms in total. The SMILES string of the molecule is C=Cc1cccc([C](C)C)c1CC. The number of rotatable bonds is 3. The smallest absolute Gasteiger partial charge is 0.000900 e. The monoisotopic (exact) mass is 173 g/mol. The van der Waals surface area contributed by atoms with Gasteiger partial charge in [-0.25, -0.2) is 0 Å². The zero-order valence-corrected chi connectivity index (χ0v) is 8.72. The molecular formula is C13H17. The predicted molar refractivity (Wildman–Crippen MR) is 59.6 cm³/mol. The molecule has 0 heteroatoms. The van der Waals surface area contributed by atoms with E-state index in [1.54, 1.807) is 0 Å². The minimum absolute atomic E-state index is 1.07. The van der Waals surface area contributed by atoms with E-state index in [-0.39, 0.29) is 0 Å². The fourth-order valence-electron chi connectivity index (χ4n) is 1.66. The third-order valence-electron chi connectivity index (χ3n) is 2.32. The molecule has 1 aromatic carbocycles. The van der Waals surface area contributed by atoms with E-state index < -0.39 is 0 Å². The first-order valence-electron chi connectivity index (χ1n) is 4.75. The second-order valence-electron chi connectivity index (χ2n) is 3.43. The van der Waals surface area contributed by atoms with Crippen molar-refractivity contribution in [1.82, 2.24) is 0 Å². The topological polar surface area (TPSA) is 0 Å². The molecule has 0 aliphatic carbocycles. The first-order chi connectivity index (χ1) is 6.20. The van der Waals surface area contributed by atoms with Crippen molar-refractivity contribution in [3.8, 4) is 0 Å². The number of hydrogen-bond donors (Lipinski definition) is 0. The van der Waals surface area contributed by atoms with Gasteiger partial charge in [0, 0.05) is 0 Å². The van der Waals surface area contributed by atoms with Crippen molar-refractivity contribution in [3.63, 3.8) is 0 Å². The number of hydrogen-bond acceptors (Lipinski definition) is 0. The van der Waals surface area contributed by atoms with Gasteiger partial charge in [0.05, 0.1) is 0 Å². The molecule has 0 unspecified atom stereocenters. The van der Waals surface area contributed by atoms with Gasteiger partial charge in [-0.1, -0.05) is 51.6 Å². The standard InChI is InChI=1S/C13H17/c1-5-11-8-7-9-13(10(3)4)12(11)6-2/h5,7-9H,1,6H2,2-4H3. The Hall–Kier alpha value is -1.04. The highest BCUT2D eigenvalue weighted by Crippen LogP contribution is 2.23. The van der Waals surface area contributed by atoms with Crippen LogP contribution < -0.4 is 0 Å². The van der Waals surface area contributed by atoms with Crippen LogP contribution in [-0.4, -0.2) is 0 Å². The van der Waals surface area contributed by atoms with Crippen LogP contribution in [0.2, 0.25) is 0 Å². The van der Waals surface area contributed by atoms with Crippen molar-refractivity contribution in [3.05, 3.63) is 47.4 Å². The maximum absolute atomic E-state index is 3.83. The predicted octanol–water partition coefficient (Wildman–Crippen LogP) is 3.85. The quantitative estimate of drug-likeness (QED) is 0.651. The van der Waals surface area contributed by atoms with Crippen LogP contribution in [0.15, 0.2) is 24.8 Å². The van der Waals surface area contributed by atoms with Crippen LogP contribution >= 0.6 is 0 Å². The minimum Gasteiger partial charge on any atom is -0.0985 e. The largest absolute Gasteiger partial charge is 0.0985 e. The van der Waals surface area contributed by atoms with Crippen LogP contribution in [0.25, 0.3) is 6.08 Å². The van der Waals surface area contributed by atoms with Crippen molar-refractivity contribution in [2.75, 3.05) is 0 Å². The molecule has 1 aromatic rings. The van der Waals surface area contributed by atoms with Crippen molar-refractivity contribution in [1.29, 1.82) is 0 Å². The van der Waals surface area contributed by atoms with Gasteiger partial charge in [0.1, 0.15) is 0 Å². The normalized spacial score (nSPS) is 10.5. The third-order valence-corrected chi connectivity index (χ3v) is 2.32. The van der Waals surface area contributed by atoms with E-state index >= 15 is 0 Å². The highest BCUT2D eigenvalue weighted by Gasteiger charge is 2.07. The summed E-state index contributed by atoms with van der Waals surface area (Å²) in [5, 5.41) is 0. The molecule has 0 aliphatic heterocycles. The van der Waals surface area contributed by atoms with Crippen LogP contribution in [0.1, 0.15) is 37.5 Å². The molecule has 0 N–H and O–H groups in total. The summed E-state index contributed by atoms with van der Waals surface area (Å²) in [6.45, 7) is 10.3. The highest BCUT2D eigenvalue weighted by atomic mass is 14.1. The summed E-state index contributed by atoms with van der Waals surface area (Å²) in [4.78, 5) is 0. The lowest BCUT2D eigenvalue weighted by molar-refractivity contribution is 1.05. The van der Waals surface area contributed by atoms with E-state index in [1.807, 2.05) is 6.08 Å². The fourth-order valence-corrected chi connectivity index (χ4v) is 1.66. The van der Waals surface area contributed by atoms with E-state index in [2.05, 4.69) is 45.5 Å². The first-order valence-corrected chi connectivity index (χ1v) is 4.75.